The fourth-order valence-corrected chi connectivity index (χ4v) is 2.92. The molecule has 2 atom stereocenters. The van der Waals surface area contributed by atoms with Crippen LogP contribution in [-0.4, -0.2) is 59.7 Å². The van der Waals surface area contributed by atoms with Crippen LogP contribution in [-0.2, 0) is 9.59 Å². The molecule has 11 heteroatoms. The molecule has 26 heavy (non-hydrogen) atoms. The number of para-hydroxylation sites is 2. The van der Waals surface area contributed by atoms with Crippen molar-refractivity contribution < 1.29 is 32.8 Å². The maximum Gasteiger partial charge on any atom is 0.394 e. The first-order chi connectivity index (χ1) is 12.0. The van der Waals surface area contributed by atoms with Gasteiger partial charge >= 0.3 is 12.1 Å². The van der Waals surface area contributed by atoms with Gasteiger partial charge in [0.2, 0.25) is 5.91 Å². The van der Waals surface area contributed by atoms with Crippen LogP contribution in [0, 0.1) is 22.0 Å². The Morgan fingerprint density at radius 2 is 1.96 bits per heavy atom. The Kier molecular flexibility index (Phi) is 5.38. The number of carbonyl (C=O) groups excluding carboxylic acids is 1. The standard InChI is InChI=1S/C15H16F3N3O5/c1-19(11-4-2-3-5-12(11)21(25)26)8-13(22)20-6-9(14(23)24)10(7-20)15(16,17)18/h2-5,9-10H,6-8H2,1H3,(H,23,24)/t9-,10-/m1/s1. The lowest BCUT2D eigenvalue weighted by molar-refractivity contribution is -0.384. The molecule has 0 bridgehead atoms. The van der Waals surface area contributed by atoms with E-state index in [0.29, 0.717) is 0 Å². The van der Waals surface area contributed by atoms with Crippen LogP contribution in [0.15, 0.2) is 24.3 Å². The summed E-state index contributed by atoms with van der Waals surface area (Å²) in [4.78, 5) is 35.9. The molecule has 1 heterocycles. The van der Waals surface area contributed by atoms with Gasteiger partial charge in [-0.1, -0.05) is 12.1 Å². The predicted octanol–water partition coefficient (Wildman–Crippen LogP) is 1.75. The normalized spacial score (nSPS) is 20.1. The summed E-state index contributed by atoms with van der Waals surface area (Å²) in [5.41, 5.74) is -0.118. The molecule has 0 aromatic heterocycles. The molecule has 1 aliphatic rings. The molecule has 1 aromatic carbocycles. The maximum atomic E-state index is 13.0. The number of likely N-dealkylation sites (N-methyl/N-ethyl adjacent to an activating group) is 1. The number of anilines is 1. The van der Waals surface area contributed by atoms with E-state index in [-0.39, 0.29) is 11.4 Å². The van der Waals surface area contributed by atoms with Gasteiger partial charge in [0.15, 0.2) is 0 Å². The van der Waals surface area contributed by atoms with Gasteiger partial charge in [-0.2, -0.15) is 13.2 Å². The monoisotopic (exact) mass is 375 g/mol. The van der Waals surface area contributed by atoms with Gasteiger partial charge in [-0.15, -0.1) is 0 Å². The molecule has 2 rings (SSSR count). The van der Waals surface area contributed by atoms with Crippen molar-refractivity contribution in [3.8, 4) is 0 Å². The van der Waals surface area contributed by atoms with E-state index in [1.165, 1.54) is 36.2 Å². The third kappa shape index (κ3) is 4.03. The largest absolute Gasteiger partial charge is 0.481 e. The van der Waals surface area contributed by atoms with Gasteiger partial charge in [0.1, 0.15) is 5.69 Å². The molecule has 1 saturated heterocycles. The molecule has 1 aromatic rings. The average Bonchev–Trinajstić information content (AvgIpc) is 3.00. The van der Waals surface area contributed by atoms with Gasteiger partial charge in [0.05, 0.1) is 23.3 Å². The number of nitrogens with zero attached hydrogens (tertiary/aromatic N) is 3. The molecule has 1 amide bonds. The molecular weight excluding hydrogens is 359 g/mol. The number of amides is 1. The Balaban J connectivity index is 2.13. The number of alkyl halides is 3. The van der Waals surface area contributed by atoms with E-state index in [0.717, 1.165) is 4.90 Å². The summed E-state index contributed by atoms with van der Waals surface area (Å²) in [7, 11) is 1.40. The first-order valence-corrected chi connectivity index (χ1v) is 7.54. The zero-order valence-corrected chi connectivity index (χ0v) is 13.6. The molecule has 0 saturated carbocycles. The fourth-order valence-electron chi connectivity index (χ4n) is 2.92. The van der Waals surface area contributed by atoms with Crippen LogP contribution in [0.3, 0.4) is 0 Å². The summed E-state index contributed by atoms with van der Waals surface area (Å²) in [5, 5.41) is 20.0. The van der Waals surface area contributed by atoms with E-state index in [4.69, 9.17) is 5.11 Å². The van der Waals surface area contributed by atoms with Crippen LogP contribution < -0.4 is 4.90 Å². The summed E-state index contributed by atoms with van der Waals surface area (Å²) < 4.78 is 39.0. The first kappa shape index (κ1) is 19.5. The second kappa shape index (κ2) is 7.18. The fraction of sp³-hybridized carbons (Fsp3) is 0.467. The van der Waals surface area contributed by atoms with Gasteiger partial charge in [0.25, 0.3) is 5.69 Å². The van der Waals surface area contributed by atoms with E-state index in [1.54, 1.807) is 0 Å². The van der Waals surface area contributed by atoms with E-state index in [9.17, 15) is 32.9 Å². The Morgan fingerprint density at radius 1 is 1.35 bits per heavy atom. The van der Waals surface area contributed by atoms with E-state index < -0.39 is 54.4 Å². The molecule has 1 N–H and O–H groups in total. The average molecular weight is 375 g/mol. The topological polar surface area (TPSA) is 104 Å². The molecule has 8 nitrogen and oxygen atoms in total. The molecule has 1 aliphatic heterocycles. The number of carboxylic acid groups (broad SMARTS) is 1. The molecule has 142 valence electrons. The number of nitro benzene ring substituents is 1. The zero-order chi connectivity index (χ0) is 19.6. The molecule has 1 fully saturated rings. The van der Waals surface area contributed by atoms with Crippen molar-refractivity contribution in [1.82, 2.24) is 4.90 Å². The van der Waals surface area contributed by atoms with Gasteiger partial charge in [-0.05, 0) is 6.07 Å². The Hall–Kier alpha value is -2.85. The number of hydrogen-bond donors (Lipinski definition) is 1. The van der Waals surface area contributed by atoms with Crippen molar-refractivity contribution in [3.05, 3.63) is 34.4 Å². The molecule has 0 spiro atoms. The molecule has 0 radical (unpaired) electrons. The molecule has 0 aliphatic carbocycles. The van der Waals surface area contributed by atoms with Crippen molar-refractivity contribution >= 4 is 23.3 Å². The van der Waals surface area contributed by atoms with Crippen LogP contribution in [0.1, 0.15) is 0 Å². The van der Waals surface area contributed by atoms with E-state index in [2.05, 4.69) is 0 Å². The van der Waals surface area contributed by atoms with Crippen LogP contribution in [0.25, 0.3) is 0 Å². The lowest BCUT2D eigenvalue weighted by atomic mass is 9.96. The highest BCUT2D eigenvalue weighted by Gasteiger charge is 2.53. The van der Waals surface area contributed by atoms with Crippen LogP contribution in [0.2, 0.25) is 0 Å². The van der Waals surface area contributed by atoms with Crippen molar-refractivity contribution in [1.29, 1.82) is 0 Å². The molecular formula is C15H16F3N3O5. The van der Waals surface area contributed by atoms with Crippen molar-refractivity contribution in [3.63, 3.8) is 0 Å². The van der Waals surface area contributed by atoms with E-state index in [1.807, 2.05) is 0 Å². The number of carboxylic acids is 1. The second-order valence-corrected chi connectivity index (χ2v) is 5.99. The predicted molar refractivity (Wildman–Crippen MR) is 83.6 cm³/mol. The van der Waals surface area contributed by atoms with Crippen molar-refractivity contribution in [2.45, 2.75) is 6.18 Å². The number of likely N-dealkylation sites (tertiary alicyclic amines) is 1. The minimum Gasteiger partial charge on any atom is -0.481 e. The number of nitro groups is 1. The van der Waals surface area contributed by atoms with Gasteiger partial charge < -0.3 is 14.9 Å². The minimum absolute atomic E-state index is 0.132. The van der Waals surface area contributed by atoms with Crippen molar-refractivity contribution in [2.24, 2.45) is 11.8 Å². The third-order valence-corrected chi connectivity index (χ3v) is 4.27. The quantitative estimate of drug-likeness (QED) is 0.621. The Labute approximate surface area is 145 Å². The highest BCUT2D eigenvalue weighted by atomic mass is 19.4. The Morgan fingerprint density at radius 3 is 2.46 bits per heavy atom. The summed E-state index contributed by atoms with van der Waals surface area (Å²) in [6.45, 7) is -1.71. The van der Waals surface area contributed by atoms with Gasteiger partial charge in [-0.25, -0.2) is 0 Å². The summed E-state index contributed by atoms with van der Waals surface area (Å²) in [6, 6.07) is 5.63. The van der Waals surface area contributed by atoms with E-state index >= 15 is 0 Å². The van der Waals surface area contributed by atoms with Crippen LogP contribution in [0.5, 0.6) is 0 Å². The summed E-state index contributed by atoms with van der Waals surface area (Å²) >= 11 is 0. The smallest absolute Gasteiger partial charge is 0.394 e. The minimum atomic E-state index is -4.73. The first-order valence-electron chi connectivity index (χ1n) is 7.54. The number of hydrogen-bond acceptors (Lipinski definition) is 5. The number of rotatable bonds is 5. The van der Waals surface area contributed by atoms with Gasteiger partial charge in [-0.3, -0.25) is 19.7 Å². The Bertz CT molecular complexity index is 725. The SMILES string of the molecule is CN(CC(=O)N1C[C@@H](C(F)(F)F)[C@H](C(=O)O)C1)c1ccccc1[N+](=O)[O-]. The molecule has 0 unspecified atom stereocenters. The van der Waals surface area contributed by atoms with Crippen molar-refractivity contribution in [2.75, 3.05) is 31.6 Å². The number of carbonyl (C=O) groups is 2. The van der Waals surface area contributed by atoms with Crippen LogP contribution >= 0.6 is 0 Å². The third-order valence-electron chi connectivity index (χ3n) is 4.27. The lowest BCUT2D eigenvalue weighted by Crippen LogP contribution is -2.39. The summed E-state index contributed by atoms with van der Waals surface area (Å²) in [5.74, 6) is -6.21. The maximum absolute atomic E-state index is 13.0. The highest BCUT2D eigenvalue weighted by molar-refractivity contribution is 5.84. The summed E-state index contributed by atoms with van der Waals surface area (Å²) in [6.07, 6.45) is -4.73. The van der Waals surface area contributed by atoms with Crippen LogP contribution in [0.4, 0.5) is 24.5 Å². The number of aliphatic carboxylic acids is 1. The highest BCUT2D eigenvalue weighted by Crippen LogP contribution is 2.38. The second-order valence-electron chi connectivity index (χ2n) is 5.99. The zero-order valence-electron chi connectivity index (χ0n) is 13.6. The number of benzene rings is 1. The lowest BCUT2D eigenvalue weighted by Gasteiger charge is -2.23. The van der Waals surface area contributed by atoms with Gasteiger partial charge in [0, 0.05) is 26.2 Å². The number of halogens is 3.